The molecule has 0 bridgehead atoms. The Kier molecular flexibility index (Phi) is 5.94. The molecule has 0 N–H and O–H groups in total. The number of nitrogens with zero attached hydrogens (tertiary/aromatic N) is 1. The second-order valence-corrected chi connectivity index (χ2v) is 7.33. The average molecular weight is 428 g/mol. The van der Waals surface area contributed by atoms with Gasteiger partial charge in [0.2, 0.25) is 0 Å². The summed E-state index contributed by atoms with van der Waals surface area (Å²) in [6.07, 6.45) is 0. The molecule has 1 unspecified atom stereocenters. The topological polar surface area (TPSA) is 84.1 Å². The molecule has 4 rings (SSSR count). The number of carboxylic acid groups (broad SMARTS) is 1. The van der Waals surface area contributed by atoms with Gasteiger partial charge in [-0.1, -0.05) is 42.0 Å². The maximum atomic E-state index is 12.0. The number of carbonyl (C=O) groups excluding carboxylic acids is 1. The Balaban J connectivity index is 1.97. The normalized spacial score (nSPS) is 12.5. The van der Waals surface area contributed by atoms with E-state index in [-0.39, 0.29) is 0 Å². The van der Waals surface area contributed by atoms with E-state index in [1.807, 2.05) is 37.3 Å². The first-order valence-electron chi connectivity index (χ1n) is 10.1. The minimum absolute atomic E-state index is 0.498. The standard InChI is InChI=1S/C26H23NO5/c1-16-9-11-21-19(13-16)20(27-25(26(28)29)17-7-5-4-6-8-17)15-23(32-21)18-10-12-22(30-2)24(14-18)31-3/h4-15,25H,1-3H3,(H,28,29)/p-1. The van der Waals surface area contributed by atoms with Gasteiger partial charge >= 0.3 is 0 Å². The number of aliphatic carboxylic acids is 1. The molecule has 1 atom stereocenters. The maximum Gasteiger partial charge on any atom is 0.161 e. The summed E-state index contributed by atoms with van der Waals surface area (Å²) in [4.78, 5) is 16.5. The average Bonchev–Trinajstić information content (AvgIpc) is 2.82. The first-order chi connectivity index (χ1) is 15.5. The number of carbonyl (C=O) groups is 1. The largest absolute Gasteiger partial charge is 0.547 e. The van der Waals surface area contributed by atoms with Crippen molar-refractivity contribution in [1.82, 2.24) is 0 Å². The van der Waals surface area contributed by atoms with Gasteiger partial charge < -0.3 is 23.8 Å². The lowest BCUT2D eigenvalue weighted by molar-refractivity contribution is -0.307. The smallest absolute Gasteiger partial charge is 0.161 e. The van der Waals surface area contributed by atoms with Gasteiger partial charge in [-0.15, -0.1) is 0 Å². The molecule has 32 heavy (non-hydrogen) atoms. The summed E-state index contributed by atoms with van der Waals surface area (Å²) in [6.45, 7) is 1.96. The number of fused-ring (bicyclic) bond motifs is 1. The highest BCUT2D eigenvalue weighted by Crippen LogP contribution is 2.33. The summed E-state index contributed by atoms with van der Waals surface area (Å²) in [7, 11) is 3.13. The number of ether oxygens (including phenoxy) is 2. The van der Waals surface area contributed by atoms with Gasteiger partial charge in [0.25, 0.3) is 0 Å². The quantitative estimate of drug-likeness (QED) is 0.466. The monoisotopic (exact) mass is 428 g/mol. The lowest BCUT2D eigenvalue weighted by Crippen LogP contribution is -2.30. The van der Waals surface area contributed by atoms with Crippen LogP contribution in [-0.2, 0) is 4.79 Å². The highest BCUT2D eigenvalue weighted by Gasteiger charge is 2.14. The molecule has 0 spiro atoms. The first-order valence-corrected chi connectivity index (χ1v) is 10.1. The SMILES string of the molecule is COc1ccc(-c2cc(=NC(C(=O)[O-])c3ccccc3)c3cc(C)ccc3o2)cc1OC. The molecule has 0 saturated heterocycles. The molecule has 4 aromatic rings. The van der Waals surface area contributed by atoms with Gasteiger partial charge in [0.1, 0.15) is 17.4 Å². The van der Waals surface area contributed by atoms with Gasteiger partial charge in [0.15, 0.2) is 11.5 Å². The van der Waals surface area contributed by atoms with E-state index in [0.717, 1.165) is 16.5 Å². The molecule has 1 heterocycles. The second kappa shape index (κ2) is 8.98. The number of benzene rings is 3. The Bertz CT molecular complexity index is 1340. The molecular formula is C26H22NO5-. The number of hydrogen-bond acceptors (Lipinski definition) is 6. The van der Waals surface area contributed by atoms with E-state index >= 15 is 0 Å². The summed E-state index contributed by atoms with van der Waals surface area (Å²) >= 11 is 0. The van der Waals surface area contributed by atoms with Crippen molar-refractivity contribution in [2.45, 2.75) is 13.0 Å². The molecule has 0 radical (unpaired) electrons. The highest BCUT2D eigenvalue weighted by molar-refractivity contribution is 5.80. The Hall–Kier alpha value is -4.06. The molecule has 6 heteroatoms. The van der Waals surface area contributed by atoms with Crippen LogP contribution in [0.5, 0.6) is 11.5 Å². The van der Waals surface area contributed by atoms with Crippen LogP contribution < -0.4 is 19.9 Å². The summed E-state index contributed by atoms with van der Waals surface area (Å²) in [5.41, 5.74) is 2.88. The summed E-state index contributed by atoms with van der Waals surface area (Å²) < 4.78 is 16.9. The Labute approximate surface area is 185 Å². The van der Waals surface area contributed by atoms with Gasteiger partial charge in [0.05, 0.1) is 25.5 Å². The van der Waals surface area contributed by atoms with E-state index in [4.69, 9.17) is 13.9 Å². The Morgan fingerprint density at radius 1 is 0.938 bits per heavy atom. The fraction of sp³-hybridized carbons (Fsp3) is 0.154. The van der Waals surface area contributed by atoms with Gasteiger partial charge in [-0.05, 0) is 42.8 Å². The van der Waals surface area contributed by atoms with Crippen molar-refractivity contribution >= 4 is 16.9 Å². The molecule has 0 aliphatic rings. The Morgan fingerprint density at radius 2 is 1.69 bits per heavy atom. The van der Waals surface area contributed by atoms with Crippen molar-refractivity contribution in [1.29, 1.82) is 0 Å². The predicted octanol–water partition coefficient (Wildman–Crippen LogP) is 3.82. The zero-order valence-electron chi connectivity index (χ0n) is 18.0. The van der Waals surface area contributed by atoms with Crippen molar-refractivity contribution in [2.24, 2.45) is 4.99 Å². The van der Waals surface area contributed by atoms with Crippen molar-refractivity contribution in [3.05, 3.63) is 89.3 Å². The van der Waals surface area contributed by atoms with E-state index in [1.165, 1.54) is 0 Å². The van der Waals surface area contributed by atoms with Gasteiger partial charge in [0, 0.05) is 17.0 Å². The summed E-state index contributed by atoms with van der Waals surface area (Å²) in [5.74, 6) is 0.398. The fourth-order valence-electron chi connectivity index (χ4n) is 3.56. The van der Waals surface area contributed by atoms with Crippen LogP contribution in [0.15, 0.2) is 82.2 Å². The lowest BCUT2D eigenvalue weighted by atomic mass is 10.1. The lowest BCUT2D eigenvalue weighted by Gasteiger charge is -2.15. The van der Waals surface area contributed by atoms with Crippen molar-refractivity contribution in [3.63, 3.8) is 0 Å². The molecule has 162 valence electrons. The van der Waals surface area contributed by atoms with Crippen LogP contribution in [0, 0.1) is 6.92 Å². The third-order valence-electron chi connectivity index (χ3n) is 5.17. The number of carboxylic acids is 1. The van der Waals surface area contributed by atoms with Crippen LogP contribution in [0.4, 0.5) is 0 Å². The van der Waals surface area contributed by atoms with Crippen LogP contribution in [-0.4, -0.2) is 20.2 Å². The predicted molar refractivity (Wildman–Crippen MR) is 119 cm³/mol. The second-order valence-electron chi connectivity index (χ2n) is 7.33. The van der Waals surface area contributed by atoms with Crippen LogP contribution in [0.2, 0.25) is 0 Å². The molecular weight excluding hydrogens is 406 g/mol. The summed E-state index contributed by atoms with van der Waals surface area (Å²) in [5, 5.41) is 13.2. The van der Waals surface area contributed by atoms with Crippen LogP contribution in [0.1, 0.15) is 17.2 Å². The van der Waals surface area contributed by atoms with Crippen LogP contribution >= 0.6 is 0 Å². The molecule has 0 fully saturated rings. The molecule has 1 aromatic heterocycles. The van der Waals surface area contributed by atoms with E-state index in [0.29, 0.717) is 33.8 Å². The van der Waals surface area contributed by atoms with E-state index in [9.17, 15) is 9.90 Å². The number of hydrogen-bond donors (Lipinski definition) is 0. The maximum absolute atomic E-state index is 12.0. The first kappa shape index (κ1) is 21.2. The minimum atomic E-state index is -1.27. The third kappa shape index (κ3) is 4.21. The third-order valence-corrected chi connectivity index (χ3v) is 5.17. The number of methoxy groups -OCH3 is 2. The fourth-order valence-corrected chi connectivity index (χ4v) is 3.56. The van der Waals surface area contributed by atoms with Crippen LogP contribution in [0.3, 0.4) is 0 Å². The van der Waals surface area contributed by atoms with E-state index in [2.05, 4.69) is 4.99 Å². The van der Waals surface area contributed by atoms with Gasteiger partial charge in [-0.2, -0.15) is 0 Å². The number of aryl methyl sites for hydroxylation is 1. The minimum Gasteiger partial charge on any atom is -0.547 e. The van der Waals surface area contributed by atoms with Gasteiger partial charge in [-0.3, -0.25) is 4.99 Å². The number of rotatable bonds is 6. The Morgan fingerprint density at radius 3 is 2.38 bits per heavy atom. The van der Waals surface area contributed by atoms with Crippen LogP contribution in [0.25, 0.3) is 22.3 Å². The van der Waals surface area contributed by atoms with Crippen molar-refractivity contribution in [2.75, 3.05) is 14.2 Å². The molecule has 0 amide bonds. The zero-order valence-corrected chi connectivity index (χ0v) is 18.0. The molecule has 0 saturated carbocycles. The van der Waals surface area contributed by atoms with Gasteiger partial charge in [-0.25, -0.2) is 0 Å². The molecule has 6 nitrogen and oxygen atoms in total. The van der Waals surface area contributed by atoms with Crippen molar-refractivity contribution in [3.8, 4) is 22.8 Å². The highest BCUT2D eigenvalue weighted by atomic mass is 16.5. The van der Waals surface area contributed by atoms with Crippen molar-refractivity contribution < 1.29 is 23.8 Å². The van der Waals surface area contributed by atoms with E-state index in [1.54, 1.807) is 56.7 Å². The zero-order chi connectivity index (χ0) is 22.7. The molecule has 3 aromatic carbocycles. The molecule has 0 aliphatic heterocycles. The van der Waals surface area contributed by atoms with E-state index < -0.39 is 12.0 Å². The molecule has 0 aliphatic carbocycles. The summed E-state index contributed by atoms with van der Waals surface area (Å²) in [6, 6.07) is 20.5.